The second-order valence-corrected chi connectivity index (χ2v) is 5.12. The first kappa shape index (κ1) is 15.8. The smallest absolute Gasteiger partial charge is 0.120 e. The van der Waals surface area contributed by atoms with Crippen LogP contribution in [0.3, 0.4) is 0 Å². The third kappa shape index (κ3) is 5.49. The molecule has 4 nitrogen and oxygen atoms in total. The minimum Gasteiger partial charge on any atom is -0.508 e. The predicted molar refractivity (Wildman–Crippen MR) is 76.6 cm³/mol. The second-order valence-electron chi connectivity index (χ2n) is 5.12. The average Bonchev–Trinajstić information content (AvgIpc) is 2.37. The third-order valence-electron chi connectivity index (χ3n) is 2.92. The zero-order valence-electron chi connectivity index (χ0n) is 12.3. The second kappa shape index (κ2) is 8.02. The number of hydrogen-bond donors (Lipinski definition) is 1. The van der Waals surface area contributed by atoms with Gasteiger partial charge in [0.1, 0.15) is 11.5 Å². The highest BCUT2D eigenvalue weighted by Crippen LogP contribution is 2.24. The van der Waals surface area contributed by atoms with Gasteiger partial charge in [-0.05, 0) is 24.1 Å². The summed E-state index contributed by atoms with van der Waals surface area (Å²) in [6.07, 6.45) is 0. The number of phenolic OH excluding ortho intramolecular Hbond substituents is 1. The van der Waals surface area contributed by atoms with Crippen LogP contribution in [0.2, 0.25) is 0 Å². The Morgan fingerprint density at radius 3 is 2.58 bits per heavy atom. The van der Waals surface area contributed by atoms with E-state index >= 15 is 0 Å². The van der Waals surface area contributed by atoms with E-state index in [1.165, 1.54) is 0 Å². The van der Waals surface area contributed by atoms with Crippen LogP contribution in [-0.4, -0.2) is 43.9 Å². The molecule has 1 aromatic carbocycles. The molecule has 0 aliphatic heterocycles. The van der Waals surface area contributed by atoms with Gasteiger partial charge in [-0.1, -0.05) is 13.8 Å². The molecule has 0 aliphatic rings. The molecule has 0 atom stereocenters. The van der Waals surface area contributed by atoms with E-state index in [1.807, 2.05) is 6.07 Å². The highest BCUT2D eigenvalue weighted by Gasteiger charge is 2.11. The van der Waals surface area contributed by atoms with E-state index in [-0.39, 0.29) is 0 Å². The Kier molecular flexibility index (Phi) is 6.67. The summed E-state index contributed by atoms with van der Waals surface area (Å²) in [4.78, 5) is 2.28. The molecule has 1 N–H and O–H groups in total. The normalized spacial score (nSPS) is 11.3. The van der Waals surface area contributed by atoms with Gasteiger partial charge >= 0.3 is 0 Å². The van der Waals surface area contributed by atoms with Crippen LogP contribution in [0.25, 0.3) is 0 Å². The number of aromatic hydroxyl groups is 1. The van der Waals surface area contributed by atoms with Gasteiger partial charge in [0.2, 0.25) is 0 Å². The summed E-state index contributed by atoms with van der Waals surface area (Å²) < 4.78 is 10.3. The van der Waals surface area contributed by atoms with Crippen molar-refractivity contribution >= 4 is 0 Å². The molecule has 0 fully saturated rings. The molecule has 0 aromatic heterocycles. The minimum absolute atomic E-state index is 0.312. The number of methoxy groups -OCH3 is 2. The Balaban J connectivity index is 2.76. The van der Waals surface area contributed by atoms with Crippen LogP contribution in [-0.2, 0) is 11.3 Å². The lowest BCUT2D eigenvalue weighted by Crippen LogP contribution is -2.30. The van der Waals surface area contributed by atoms with E-state index in [9.17, 15) is 5.11 Å². The van der Waals surface area contributed by atoms with Crippen LogP contribution < -0.4 is 4.74 Å². The van der Waals surface area contributed by atoms with E-state index in [2.05, 4.69) is 18.7 Å². The number of rotatable bonds is 8. The van der Waals surface area contributed by atoms with Crippen molar-refractivity contribution < 1.29 is 14.6 Å². The first-order chi connectivity index (χ1) is 9.06. The predicted octanol–water partition coefficient (Wildman–Crippen LogP) is 2.51. The Morgan fingerprint density at radius 1 is 1.26 bits per heavy atom. The molecule has 19 heavy (non-hydrogen) atoms. The molecule has 0 spiro atoms. The molecule has 0 unspecified atom stereocenters. The summed E-state index contributed by atoms with van der Waals surface area (Å²) in [6, 6.07) is 5.33. The van der Waals surface area contributed by atoms with E-state index in [4.69, 9.17) is 9.47 Å². The van der Waals surface area contributed by atoms with Crippen LogP contribution >= 0.6 is 0 Å². The molecular formula is C15H25NO3. The van der Waals surface area contributed by atoms with Crippen molar-refractivity contribution in [3.8, 4) is 11.5 Å². The Bertz CT molecular complexity index is 380. The number of hydrogen-bond acceptors (Lipinski definition) is 4. The van der Waals surface area contributed by atoms with Crippen LogP contribution in [0.5, 0.6) is 11.5 Å². The van der Waals surface area contributed by atoms with Gasteiger partial charge < -0.3 is 14.6 Å². The van der Waals surface area contributed by atoms with Crippen molar-refractivity contribution in [2.45, 2.75) is 20.4 Å². The lowest BCUT2D eigenvalue weighted by atomic mass is 10.1. The summed E-state index contributed by atoms with van der Waals surface area (Å²) in [5.41, 5.74) is 0.885. The topological polar surface area (TPSA) is 41.9 Å². The quantitative estimate of drug-likeness (QED) is 0.786. The Labute approximate surface area is 115 Å². The maximum Gasteiger partial charge on any atom is 0.120 e. The molecule has 0 heterocycles. The van der Waals surface area contributed by atoms with Gasteiger partial charge in [-0.25, -0.2) is 0 Å². The largest absolute Gasteiger partial charge is 0.508 e. The zero-order chi connectivity index (χ0) is 14.3. The molecule has 4 heteroatoms. The molecule has 0 radical (unpaired) electrons. The van der Waals surface area contributed by atoms with Crippen LogP contribution in [0.15, 0.2) is 18.2 Å². The minimum atomic E-state index is 0.312. The molecule has 1 aromatic rings. The van der Waals surface area contributed by atoms with E-state index < -0.39 is 0 Å². The van der Waals surface area contributed by atoms with Crippen LogP contribution in [0, 0.1) is 5.92 Å². The van der Waals surface area contributed by atoms with Gasteiger partial charge in [0.25, 0.3) is 0 Å². The van der Waals surface area contributed by atoms with E-state index in [0.717, 1.165) is 24.4 Å². The molecule has 108 valence electrons. The zero-order valence-corrected chi connectivity index (χ0v) is 12.3. The SMILES string of the molecule is COCCN(Cc1cc(OC)ccc1O)CC(C)C. The third-order valence-corrected chi connectivity index (χ3v) is 2.92. The molecule has 0 amide bonds. The highest BCUT2D eigenvalue weighted by molar-refractivity contribution is 5.39. The Hall–Kier alpha value is -1.26. The standard InChI is InChI=1S/C15H25NO3/c1-12(2)10-16(7-8-18-3)11-13-9-14(19-4)5-6-15(13)17/h5-6,9,12,17H,7-8,10-11H2,1-4H3. The lowest BCUT2D eigenvalue weighted by molar-refractivity contribution is 0.135. The van der Waals surface area contributed by atoms with Gasteiger partial charge in [0.05, 0.1) is 13.7 Å². The summed E-state index contributed by atoms with van der Waals surface area (Å²) in [5.74, 6) is 1.65. The fourth-order valence-electron chi connectivity index (χ4n) is 2.03. The van der Waals surface area contributed by atoms with E-state index in [1.54, 1.807) is 26.4 Å². The maximum atomic E-state index is 9.93. The van der Waals surface area contributed by atoms with Gasteiger partial charge in [-0.3, -0.25) is 4.90 Å². The number of benzene rings is 1. The first-order valence-corrected chi connectivity index (χ1v) is 6.64. The molecule has 0 saturated carbocycles. The maximum absolute atomic E-state index is 9.93. The molecular weight excluding hydrogens is 242 g/mol. The molecule has 1 rings (SSSR count). The monoisotopic (exact) mass is 267 g/mol. The molecule has 0 saturated heterocycles. The van der Waals surface area contributed by atoms with Crippen molar-refractivity contribution in [1.82, 2.24) is 4.90 Å². The Morgan fingerprint density at radius 2 is 2.00 bits per heavy atom. The first-order valence-electron chi connectivity index (χ1n) is 6.64. The summed E-state index contributed by atoms with van der Waals surface area (Å²) in [6.45, 7) is 7.59. The lowest BCUT2D eigenvalue weighted by Gasteiger charge is -2.24. The van der Waals surface area contributed by atoms with Gasteiger partial charge in [-0.15, -0.1) is 0 Å². The van der Waals surface area contributed by atoms with Crippen LogP contribution in [0.4, 0.5) is 0 Å². The van der Waals surface area contributed by atoms with Crippen molar-refractivity contribution in [2.75, 3.05) is 33.9 Å². The van der Waals surface area contributed by atoms with Crippen molar-refractivity contribution in [2.24, 2.45) is 5.92 Å². The average molecular weight is 267 g/mol. The molecule has 0 aliphatic carbocycles. The molecule has 0 bridgehead atoms. The summed E-state index contributed by atoms with van der Waals surface area (Å²) in [5, 5.41) is 9.93. The van der Waals surface area contributed by atoms with Gasteiger partial charge in [0, 0.05) is 32.3 Å². The number of phenols is 1. The summed E-state index contributed by atoms with van der Waals surface area (Å²) >= 11 is 0. The number of nitrogens with zero attached hydrogens (tertiary/aromatic N) is 1. The van der Waals surface area contributed by atoms with Crippen molar-refractivity contribution in [1.29, 1.82) is 0 Å². The fourth-order valence-corrected chi connectivity index (χ4v) is 2.03. The summed E-state index contributed by atoms with van der Waals surface area (Å²) in [7, 11) is 3.34. The van der Waals surface area contributed by atoms with E-state index in [0.29, 0.717) is 24.8 Å². The van der Waals surface area contributed by atoms with Crippen LogP contribution in [0.1, 0.15) is 19.4 Å². The van der Waals surface area contributed by atoms with Gasteiger partial charge in [0.15, 0.2) is 0 Å². The fraction of sp³-hybridized carbons (Fsp3) is 0.600. The van der Waals surface area contributed by atoms with Crippen molar-refractivity contribution in [3.63, 3.8) is 0 Å². The highest BCUT2D eigenvalue weighted by atomic mass is 16.5. The van der Waals surface area contributed by atoms with Gasteiger partial charge in [-0.2, -0.15) is 0 Å². The van der Waals surface area contributed by atoms with Crippen molar-refractivity contribution in [3.05, 3.63) is 23.8 Å². The number of ether oxygens (including phenoxy) is 2.